The maximum atomic E-state index is 4.74. The highest BCUT2D eigenvalue weighted by Gasteiger charge is 2.09. The SMILES string of the molecule is C=CCN1CCN=C(C)c2cccc(n2)C(C)=NCCN(CC=C)CC1. The fourth-order valence-electron chi connectivity index (χ4n) is 2.95. The molecule has 1 aliphatic heterocycles. The van der Waals surface area contributed by atoms with Crippen molar-refractivity contribution < 1.29 is 0 Å². The molecule has 1 aliphatic rings. The number of aromatic nitrogens is 1. The Morgan fingerprint density at radius 2 is 1.31 bits per heavy atom. The van der Waals surface area contributed by atoms with Crippen LogP contribution in [0.25, 0.3) is 0 Å². The molecule has 0 saturated heterocycles. The van der Waals surface area contributed by atoms with Gasteiger partial charge >= 0.3 is 0 Å². The molecule has 0 N–H and O–H groups in total. The third-order valence-electron chi connectivity index (χ3n) is 4.53. The molecule has 140 valence electrons. The zero-order chi connectivity index (χ0) is 18.8. The molecule has 5 heteroatoms. The molecule has 1 aromatic rings. The first kappa shape index (κ1) is 20.2. The molecule has 0 spiro atoms. The lowest BCUT2D eigenvalue weighted by Gasteiger charge is -2.25. The molecule has 0 fully saturated rings. The highest BCUT2D eigenvalue weighted by Crippen LogP contribution is 2.05. The number of fused-ring (bicyclic) bond motifs is 2. The van der Waals surface area contributed by atoms with Crippen LogP contribution in [0.5, 0.6) is 0 Å². The fourth-order valence-corrected chi connectivity index (χ4v) is 2.95. The van der Waals surface area contributed by atoms with E-state index in [2.05, 4.69) is 23.0 Å². The summed E-state index contributed by atoms with van der Waals surface area (Å²) in [5.74, 6) is 0. The predicted molar refractivity (Wildman–Crippen MR) is 112 cm³/mol. The van der Waals surface area contributed by atoms with Crippen molar-refractivity contribution in [1.82, 2.24) is 14.8 Å². The van der Waals surface area contributed by atoms with Gasteiger partial charge in [0.15, 0.2) is 0 Å². The molecule has 0 aromatic carbocycles. The van der Waals surface area contributed by atoms with E-state index in [1.807, 2.05) is 44.2 Å². The molecule has 2 rings (SSSR count). The number of pyridine rings is 1. The van der Waals surface area contributed by atoms with E-state index >= 15 is 0 Å². The Morgan fingerprint density at radius 3 is 1.73 bits per heavy atom. The second-order valence-electron chi connectivity index (χ2n) is 6.52. The largest absolute Gasteiger partial charge is 0.297 e. The van der Waals surface area contributed by atoms with E-state index < -0.39 is 0 Å². The third-order valence-corrected chi connectivity index (χ3v) is 4.53. The van der Waals surface area contributed by atoms with Gasteiger partial charge in [0, 0.05) is 39.3 Å². The van der Waals surface area contributed by atoms with Crippen LogP contribution in [0.1, 0.15) is 25.2 Å². The van der Waals surface area contributed by atoms with Crippen LogP contribution >= 0.6 is 0 Å². The molecule has 5 nitrogen and oxygen atoms in total. The Labute approximate surface area is 157 Å². The summed E-state index contributed by atoms with van der Waals surface area (Å²) in [5.41, 5.74) is 3.80. The smallest absolute Gasteiger partial charge is 0.0845 e. The van der Waals surface area contributed by atoms with E-state index in [-0.39, 0.29) is 0 Å². The van der Waals surface area contributed by atoms with Crippen molar-refractivity contribution in [2.75, 3.05) is 52.4 Å². The Balaban J connectivity index is 2.25. The molecular formula is C21H31N5. The van der Waals surface area contributed by atoms with Crippen molar-refractivity contribution in [3.05, 3.63) is 54.9 Å². The summed E-state index contributed by atoms with van der Waals surface area (Å²) in [6.45, 7) is 18.9. The zero-order valence-electron chi connectivity index (χ0n) is 16.2. The lowest BCUT2D eigenvalue weighted by molar-refractivity contribution is 0.234. The van der Waals surface area contributed by atoms with Crippen molar-refractivity contribution in [2.24, 2.45) is 9.98 Å². The third kappa shape index (κ3) is 6.32. The Kier molecular flexibility index (Phi) is 8.38. The second kappa shape index (κ2) is 10.8. The zero-order valence-corrected chi connectivity index (χ0v) is 16.2. The van der Waals surface area contributed by atoms with Crippen LogP contribution in [0.15, 0.2) is 53.5 Å². The van der Waals surface area contributed by atoms with Gasteiger partial charge in [-0.3, -0.25) is 19.8 Å². The average Bonchev–Trinajstić information content (AvgIpc) is 2.65. The van der Waals surface area contributed by atoms with Crippen LogP contribution < -0.4 is 0 Å². The number of aliphatic imine (C=N–C) groups is 2. The predicted octanol–water partition coefficient (Wildman–Crippen LogP) is 2.69. The average molecular weight is 354 g/mol. The van der Waals surface area contributed by atoms with E-state index in [0.29, 0.717) is 0 Å². The van der Waals surface area contributed by atoms with Gasteiger partial charge < -0.3 is 0 Å². The topological polar surface area (TPSA) is 44.1 Å². The lowest BCUT2D eigenvalue weighted by Crippen LogP contribution is -2.37. The molecule has 0 saturated carbocycles. The number of hydrogen-bond donors (Lipinski definition) is 0. The van der Waals surface area contributed by atoms with Gasteiger partial charge in [-0.2, -0.15) is 0 Å². The van der Waals surface area contributed by atoms with Crippen molar-refractivity contribution in [3.63, 3.8) is 0 Å². The number of rotatable bonds is 4. The minimum atomic E-state index is 0.764. The van der Waals surface area contributed by atoms with Gasteiger partial charge in [-0.1, -0.05) is 18.2 Å². The molecule has 0 radical (unpaired) electrons. The molecule has 0 atom stereocenters. The van der Waals surface area contributed by atoms with Crippen molar-refractivity contribution in [3.8, 4) is 0 Å². The molecule has 0 aliphatic carbocycles. The first-order valence-electron chi connectivity index (χ1n) is 9.30. The van der Waals surface area contributed by atoms with Crippen LogP contribution in [0.2, 0.25) is 0 Å². The van der Waals surface area contributed by atoms with Gasteiger partial charge in [0.25, 0.3) is 0 Å². The van der Waals surface area contributed by atoms with Crippen molar-refractivity contribution >= 4 is 11.4 Å². The van der Waals surface area contributed by atoms with E-state index in [0.717, 1.165) is 75.2 Å². The van der Waals surface area contributed by atoms with E-state index in [9.17, 15) is 0 Å². The van der Waals surface area contributed by atoms with Crippen LogP contribution in [0, 0.1) is 0 Å². The van der Waals surface area contributed by atoms with Crippen LogP contribution in [0.4, 0.5) is 0 Å². The monoisotopic (exact) mass is 353 g/mol. The van der Waals surface area contributed by atoms with Gasteiger partial charge in [-0.25, -0.2) is 4.98 Å². The minimum absolute atomic E-state index is 0.764. The molecule has 2 bridgehead atoms. The normalized spacial score (nSPS) is 18.2. The van der Waals surface area contributed by atoms with E-state index in [4.69, 9.17) is 15.0 Å². The molecule has 0 unspecified atom stereocenters. The van der Waals surface area contributed by atoms with E-state index in [1.165, 1.54) is 0 Å². The summed E-state index contributed by atoms with van der Waals surface area (Å²) in [5, 5.41) is 0. The molecule has 26 heavy (non-hydrogen) atoms. The van der Waals surface area contributed by atoms with E-state index in [1.54, 1.807) is 0 Å². The molecular weight excluding hydrogens is 322 g/mol. The summed E-state index contributed by atoms with van der Waals surface area (Å²) >= 11 is 0. The summed E-state index contributed by atoms with van der Waals surface area (Å²) in [6, 6.07) is 6.06. The summed E-state index contributed by atoms with van der Waals surface area (Å²) in [6.07, 6.45) is 3.92. The Hall–Kier alpha value is -2.11. The summed E-state index contributed by atoms with van der Waals surface area (Å²) in [7, 11) is 0. The number of nitrogens with zero attached hydrogens (tertiary/aromatic N) is 5. The van der Waals surface area contributed by atoms with Crippen molar-refractivity contribution in [1.29, 1.82) is 0 Å². The van der Waals surface area contributed by atoms with Gasteiger partial charge in [0.05, 0.1) is 35.9 Å². The Bertz CT molecular complexity index is 609. The fraction of sp³-hybridized carbons (Fsp3) is 0.476. The van der Waals surface area contributed by atoms with Crippen LogP contribution in [-0.4, -0.2) is 78.6 Å². The van der Waals surface area contributed by atoms with Gasteiger partial charge in [-0.05, 0) is 26.0 Å². The minimum Gasteiger partial charge on any atom is -0.297 e. The lowest BCUT2D eigenvalue weighted by atomic mass is 10.2. The highest BCUT2D eigenvalue weighted by atomic mass is 15.2. The standard InChI is InChI=1S/C21H31N5/c1-5-12-25-14-10-22-18(3)20-8-7-9-21(24-20)19(4)23-11-15-26(13-6-2)17-16-25/h5-9H,1-2,10-17H2,3-4H3. The highest BCUT2D eigenvalue weighted by molar-refractivity contribution is 6.00. The first-order chi connectivity index (χ1) is 12.6. The molecule has 0 amide bonds. The number of hydrogen-bond acceptors (Lipinski definition) is 5. The van der Waals surface area contributed by atoms with Gasteiger partial charge in [0.2, 0.25) is 0 Å². The maximum absolute atomic E-state index is 4.74. The van der Waals surface area contributed by atoms with Crippen LogP contribution in [-0.2, 0) is 0 Å². The van der Waals surface area contributed by atoms with Crippen LogP contribution in [0.3, 0.4) is 0 Å². The van der Waals surface area contributed by atoms with Gasteiger partial charge in [-0.15, -0.1) is 13.2 Å². The van der Waals surface area contributed by atoms with Crippen molar-refractivity contribution in [2.45, 2.75) is 13.8 Å². The Morgan fingerprint density at radius 1 is 0.846 bits per heavy atom. The summed E-state index contributed by atoms with van der Waals surface area (Å²) in [4.78, 5) is 19.0. The molecule has 1 aromatic heterocycles. The first-order valence-corrected chi connectivity index (χ1v) is 9.30. The summed E-state index contributed by atoms with van der Waals surface area (Å²) < 4.78 is 0. The maximum Gasteiger partial charge on any atom is 0.0845 e. The second-order valence-corrected chi connectivity index (χ2v) is 6.52. The van der Waals surface area contributed by atoms with Gasteiger partial charge in [0.1, 0.15) is 0 Å². The quantitative estimate of drug-likeness (QED) is 0.782. The molecule has 2 heterocycles.